The zero-order chi connectivity index (χ0) is 11.3. The SMILES string of the molecule is Cc1cc2c(s1)c(=O)[nH]c1ccc(O)cc12. The Kier molecular flexibility index (Phi) is 1.82. The lowest BCUT2D eigenvalue weighted by Crippen LogP contribution is -2.03. The third kappa shape index (κ3) is 1.23. The fraction of sp³-hybridized carbons (Fsp3) is 0.0833. The van der Waals surface area contributed by atoms with E-state index in [9.17, 15) is 9.90 Å². The lowest BCUT2D eigenvalue weighted by Gasteiger charge is -1.99. The summed E-state index contributed by atoms with van der Waals surface area (Å²) in [5, 5.41) is 11.3. The minimum Gasteiger partial charge on any atom is -0.508 e. The van der Waals surface area contributed by atoms with Gasteiger partial charge in [-0.15, -0.1) is 11.3 Å². The number of aromatic nitrogens is 1. The number of nitrogens with one attached hydrogen (secondary N) is 1. The molecule has 0 saturated heterocycles. The monoisotopic (exact) mass is 231 g/mol. The van der Waals surface area contributed by atoms with Gasteiger partial charge in [0.2, 0.25) is 0 Å². The van der Waals surface area contributed by atoms with Crippen molar-refractivity contribution in [3.05, 3.63) is 39.5 Å². The third-order valence-corrected chi connectivity index (χ3v) is 3.65. The van der Waals surface area contributed by atoms with Gasteiger partial charge in [0.1, 0.15) is 10.4 Å². The maximum atomic E-state index is 11.8. The van der Waals surface area contributed by atoms with Crippen LogP contribution in [0, 0.1) is 6.92 Å². The van der Waals surface area contributed by atoms with E-state index in [1.807, 2.05) is 13.0 Å². The average molecular weight is 231 g/mol. The number of benzene rings is 1. The Morgan fingerprint density at radius 1 is 1.25 bits per heavy atom. The van der Waals surface area contributed by atoms with Crippen LogP contribution in [0.15, 0.2) is 29.1 Å². The van der Waals surface area contributed by atoms with Gasteiger partial charge in [-0.05, 0) is 31.2 Å². The van der Waals surface area contributed by atoms with Crippen molar-refractivity contribution in [2.75, 3.05) is 0 Å². The van der Waals surface area contributed by atoms with Crippen LogP contribution in [0.2, 0.25) is 0 Å². The van der Waals surface area contributed by atoms with Crippen LogP contribution in [0.3, 0.4) is 0 Å². The van der Waals surface area contributed by atoms with Crippen LogP contribution < -0.4 is 5.56 Å². The van der Waals surface area contributed by atoms with E-state index in [2.05, 4.69) is 4.98 Å². The third-order valence-electron chi connectivity index (χ3n) is 2.60. The number of aryl methyl sites for hydroxylation is 1. The van der Waals surface area contributed by atoms with Crippen molar-refractivity contribution in [3.8, 4) is 5.75 Å². The second-order valence-corrected chi connectivity index (χ2v) is 5.04. The number of rotatable bonds is 0. The van der Waals surface area contributed by atoms with E-state index in [1.165, 1.54) is 11.3 Å². The number of phenols is 1. The number of hydrogen-bond acceptors (Lipinski definition) is 3. The van der Waals surface area contributed by atoms with Crippen LogP contribution >= 0.6 is 11.3 Å². The number of thiophene rings is 1. The summed E-state index contributed by atoms with van der Waals surface area (Å²) in [6, 6.07) is 6.96. The van der Waals surface area contributed by atoms with Crippen LogP contribution in [-0.4, -0.2) is 10.1 Å². The Hall–Kier alpha value is -1.81. The molecule has 0 spiro atoms. The summed E-state index contributed by atoms with van der Waals surface area (Å²) in [5.41, 5.74) is 0.694. The number of fused-ring (bicyclic) bond motifs is 3. The molecule has 0 aliphatic rings. The van der Waals surface area contributed by atoms with Crippen LogP contribution in [0.4, 0.5) is 0 Å². The molecular formula is C12H9NO2S. The van der Waals surface area contributed by atoms with E-state index in [0.29, 0.717) is 0 Å². The second-order valence-electron chi connectivity index (χ2n) is 3.78. The Bertz CT molecular complexity index is 755. The highest BCUT2D eigenvalue weighted by Gasteiger charge is 2.08. The summed E-state index contributed by atoms with van der Waals surface area (Å²) in [7, 11) is 0. The standard InChI is InChI=1S/C12H9NO2S/c1-6-4-9-8-5-7(14)2-3-10(8)13-12(15)11(9)16-6/h2-5,14H,1H3,(H,13,15). The van der Waals surface area contributed by atoms with E-state index >= 15 is 0 Å². The van der Waals surface area contributed by atoms with E-state index in [-0.39, 0.29) is 11.3 Å². The van der Waals surface area contributed by atoms with Crippen LogP contribution in [0.1, 0.15) is 4.88 Å². The van der Waals surface area contributed by atoms with Gasteiger partial charge in [-0.2, -0.15) is 0 Å². The molecule has 16 heavy (non-hydrogen) atoms. The van der Waals surface area contributed by atoms with Crippen molar-refractivity contribution < 1.29 is 5.11 Å². The summed E-state index contributed by atoms with van der Waals surface area (Å²) in [6.07, 6.45) is 0. The normalized spacial score (nSPS) is 11.3. The van der Waals surface area contributed by atoms with Gasteiger partial charge in [-0.25, -0.2) is 0 Å². The maximum absolute atomic E-state index is 11.8. The minimum absolute atomic E-state index is 0.0636. The first-order valence-corrected chi connectivity index (χ1v) is 5.72. The molecule has 2 heterocycles. The molecule has 0 aliphatic carbocycles. The van der Waals surface area contributed by atoms with Crippen molar-refractivity contribution >= 4 is 32.3 Å². The van der Waals surface area contributed by atoms with Gasteiger partial charge in [0.15, 0.2) is 0 Å². The van der Waals surface area contributed by atoms with Gasteiger partial charge < -0.3 is 10.1 Å². The number of hydrogen-bond donors (Lipinski definition) is 2. The van der Waals surface area contributed by atoms with Crippen molar-refractivity contribution in [3.63, 3.8) is 0 Å². The summed E-state index contributed by atoms with van der Waals surface area (Å²) in [4.78, 5) is 15.7. The molecule has 0 bridgehead atoms. The number of phenolic OH excluding ortho intramolecular Hbond substituents is 1. The highest BCUT2D eigenvalue weighted by molar-refractivity contribution is 7.19. The zero-order valence-corrected chi connectivity index (χ0v) is 9.39. The molecule has 1 aromatic carbocycles. The fourth-order valence-corrected chi connectivity index (χ4v) is 2.85. The Morgan fingerprint density at radius 2 is 2.06 bits per heavy atom. The van der Waals surface area contributed by atoms with Gasteiger partial charge in [-0.1, -0.05) is 0 Å². The minimum atomic E-state index is -0.0636. The summed E-state index contributed by atoms with van der Waals surface area (Å²) < 4.78 is 0.718. The molecular weight excluding hydrogens is 222 g/mol. The predicted molar refractivity (Wildman–Crippen MR) is 66.4 cm³/mol. The maximum Gasteiger partial charge on any atom is 0.266 e. The predicted octanol–water partition coefficient (Wildman–Crippen LogP) is 2.76. The summed E-state index contributed by atoms with van der Waals surface area (Å²) >= 11 is 1.47. The Morgan fingerprint density at radius 3 is 2.88 bits per heavy atom. The second kappa shape index (κ2) is 3.09. The van der Waals surface area contributed by atoms with Crippen LogP contribution in [0.5, 0.6) is 5.75 Å². The zero-order valence-electron chi connectivity index (χ0n) is 8.57. The summed E-state index contributed by atoms with van der Waals surface area (Å²) in [5.74, 6) is 0.213. The van der Waals surface area contributed by atoms with Crippen LogP contribution in [0.25, 0.3) is 21.0 Å². The topological polar surface area (TPSA) is 53.1 Å². The molecule has 0 fully saturated rings. The van der Waals surface area contributed by atoms with Gasteiger partial charge in [-0.3, -0.25) is 4.79 Å². The molecule has 0 amide bonds. The molecule has 0 unspecified atom stereocenters. The number of H-pyrrole nitrogens is 1. The van der Waals surface area contributed by atoms with Crippen molar-refractivity contribution in [1.29, 1.82) is 0 Å². The number of pyridine rings is 1. The molecule has 80 valence electrons. The largest absolute Gasteiger partial charge is 0.508 e. The van der Waals surface area contributed by atoms with Gasteiger partial charge in [0.25, 0.3) is 5.56 Å². The molecule has 0 saturated carbocycles. The lowest BCUT2D eigenvalue weighted by atomic mass is 10.1. The van der Waals surface area contributed by atoms with E-state index in [0.717, 1.165) is 25.9 Å². The molecule has 3 aromatic rings. The van der Waals surface area contributed by atoms with E-state index in [1.54, 1.807) is 18.2 Å². The fourth-order valence-electron chi connectivity index (χ4n) is 1.93. The number of aromatic amines is 1. The van der Waals surface area contributed by atoms with Crippen molar-refractivity contribution in [2.45, 2.75) is 6.92 Å². The van der Waals surface area contributed by atoms with E-state index < -0.39 is 0 Å². The molecule has 2 N–H and O–H groups in total. The molecule has 0 aliphatic heterocycles. The van der Waals surface area contributed by atoms with Crippen molar-refractivity contribution in [1.82, 2.24) is 4.98 Å². The molecule has 3 nitrogen and oxygen atoms in total. The summed E-state index contributed by atoms with van der Waals surface area (Å²) in [6.45, 7) is 1.97. The van der Waals surface area contributed by atoms with Gasteiger partial charge in [0.05, 0.1) is 0 Å². The average Bonchev–Trinajstić information content (AvgIpc) is 2.62. The number of aromatic hydroxyl groups is 1. The first kappa shape index (κ1) is 9.42. The Labute approximate surface area is 95.0 Å². The smallest absolute Gasteiger partial charge is 0.266 e. The highest BCUT2D eigenvalue weighted by atomic mass is 32.1. The molecule has 0 radical (unpaired) electrons. The first-order chi connectivity index (χ1) is 7.65. The first-order valence-electron chi connectivity index (χ1n) is 4.90. The molecule has 4 heteroatoms. The van der Waals surface area contributed by atoms with Gasteiger partial charge in [0, 0.05) is 21.2 Å². The lowest BCUT2D eigenvalue weighted by molar-refractivity contribution is 0.476. The Balaban J connectivity index is 2.65. The molecule has 2 aromatic heterocycles. The molecule has 3 rings (SSSR count). The van der Waals surface area contributed by atoms with Crippen molar-refractivity contribution in [2.24, 2.45) is 0 Å². The highest BCUT2D eigenvalue weighted by Crippen LogP contribution is 2.29. The van der Waals surface area contributed by atoms with E-state index in [4.69, 9.17) is 0 Å². The van der Waals surface area contributed by atoms with Gasteiger partial charge >= 0.3 is 0 Å². The quantitative estimate of drug-likeness (QED) is 0.625. The van der Waals surface area contributed by atoms with Crippen LogP contribution in [-0.2, 0) is 0 Å². The molecule has 0 atom stereocenters.